The van der Waals surface area contributed by atoms with E-state index in [0.717, 1.165) is 51.9 Å². The molecule has 0 bridgehead atoms. The van der Waals surface area contributed by atoms with Gasteiger partial charge in [0.1, 0.15) is 0 Å². The highest BCUT2D eigenvalue weighted by Gasteiger charge is 2.44. The van der Waals surface area contributed by atoms with E-state index in [1.54, 1.807) is 7.11 Å². The fourth-order valence-electron chi connectivity index (χ4n) is 3.26. The average Bonchev–Trinajstić information content (AvgIpc) is 2.40. The van der Waals surface area contributed by atoms with Crippen LogP contribution >= 0.6 is 0 Å². The molecule has 118 valence electrons. The minimum atomic E-state index is -0.552. The maximum absolute atomic E-state index is 10.3. The highest BCUT2D eigenvalue weighted by Crippen LogP contribution is 2.39. The van der Waals surface area contributed by atoms with Crippen LogP contribution in [0.5, 0.6) is 0 Å². The van der Waals surface area contributed by atoms with E-state index in [2.05, 4.69) is 4.90 Å². The molecule has 5 heteroatoms. The predicted molar refractivity (Wildman–Crippen MR) is 76.9 cm³/mol. The maximum Gasteiger partial charge on any atom is 0.0734 e. The van der Waals surface area contributed by atoms with Crippen molar-refractivity contribution in [3.05, 3.63) is 0 Å². The van der Waals surface area contributed by atoms with Gasteiger partial charge < -0.3 is 24.2 Å². The summed E-state index contributed by atoms with van der Waals surface area (Å²) in [5.41, 5.74) is -0.640. The van der Waals surface area contributed by atoms with E-state index in [-0.39, 0.29) is 5.60 Å². The number of hydrogen-bond donors (Lipinski definition) is 1. The van der Waals surface area contributed by atoms with Crippen LogP contribution in [0.2, 0.25) is 0 Å². The normalized spacial score (nSPS) is 30.8. The summed E-state index contributed by atoms with van der Waals surface area (Å²) in [6.07, 6.45) is 3.56. The third kappa shape index (κ3) is 4.67. The van der Waals surface area contributed by atoms with Crippen LogP contribution in [-0.4, -0.2) is 74.4 Å². The van der Waals surface area contributed by atoms with Crippen LogP contribution in [-0.2, 0) is 14.2 Å². The van der Waals surface area contributed by atoms with Crippen molar-refractivity contribution in [1.29, 1.82) is 0 Å². The van der Waals surface area contributed by atoms with Crippen LogP contribution in [0.15, 0.2) is 0 Å². The number of likely N-dealkylation sites (tertiary alicyclic amines) is 1. The first-order chi connectivity index (χ1) is 9.55. The molecule has 20 heavy (non-hydrogen) atoms. The third-order valence-corrected chi connectivity index (χ3v) is 4.50. The largest absolute Gasteiger partial charge is 0.390 e. The van der Waals surface area contributed by atoms with Gasteiger partial charge >= 0.3 is 0 Å². The fraction of sp³-hybridized carbons (Fsp3) is 1.00. The lowest BCUT2D eigenvalue weighted by atomic mass is 9.78. The molecule has 1 N–H and O–H groups in total. The Hall–Kier alpha value is -0.200. The van der Waals surface area contributed by atoms with E-state index in [9.17, 15) is 5.11 Å². The van der Waals surface area contributed by atoms with Gasteiger partial charge in [0.15, 0.2) is 0 Å². The molecular formula is C15H29NO4. The second-order valence-electron chi connectivity index (χ2n) is 6.40. The third-order valence-electron chi connectivity index (χ3n) is 4.50. The Kier molecular flexibility index (Phi) is 5.81. The van der Waals surface area contributed by atoms with Crippen molar-refractivity contribution >= 4 is 0 Å². The zero-order valence-corrected chi connectivity index (χ0v) is 12.9. The van der Waals surface area contributed by atoms with Crippen LogP contribution in [0.3, 0.4) is 0 Å². The summed E-state index contributed by atoms with van der Waals surface area (Å²) in [6, 6.07) is 0. The van der Waals surface area contributed by atoms with Crippen LogP contribution in [0.25, 0.3) is 0 Å². The van der Waals surface area contributed by atoms with Crippen molar-refractivity contribution < 1.29 is 19.3 Å². The van der Waals surface area contributed by atoms with Crippen molar-refractivity contribution in [2.75, 3.05) is 53.2 Å². The molecule has 5 nitrogen and oxygen atoms in total. The van der Waals surface area contributed by atoms with Gasteiger partial charge in [0, 0.05) is 33.2 Å². The number of piperidine rings is 1. The van der Waals surface area contributed by atoms with E-state index in [1.165, 1.54) is 0 Å². The summed E-state index contributed by atoms with van der Waals surface area (Å²) in [6.45, 7) is 7.74. The molecule has 0 aliphatic carbocycles. The molecule has 0 amide bonds. The lowest BCUT2D eigenvalue weighted by Crippen LogP contribution is -2.53. The lowest BCUT2D eigenvalue weighted by molar-refractivity contribution is -0.173. The molecule has 0 saturated carbocycles. The first kappa shape index (κ1) is 16.2. The molecule has 1 spiro atoms. The summed E-state index contributed by atoms with van der Waals surface area (Å²) in [5.74, 6) is 0. The predicted octanol–water partition coefficient (Wildman–Crippen LogP) is 1.05. The fourth-order valence-corrected chi connectivity index (χ4v) is 3.26. The summed E-state index contributed by atoms with van der Waals surface area (Å²) in [7, 11) is 1.69. The van der Waals surface area contributed by atoms with Gasteiger partial charge in [0.05, 0.1) is 37.6 Å². The monoisotopic (exact) mass is 287 g/mol. The summed E-state index contributed by atoms with van der Waals surface area (Å²) >= 11 is 0. The molecule has 2 rings (SSSR count). The Labute approximate surface area is 122 Å². The van der Waals surface area contributed by atoms with Crippen molar-refractivity contribution in [2.24, 2.45) is 0 Å². The van der Waals surface area contributed by atoms with Crippen LogP contribution in [0, 0.1) is 0 Å². The highest BCUT2D eigenvalue weighted by atomic mass is 16.5. The van der Waals surface area contributed by atoms with E-state index in [1.807, 2.05) is 6.92 Å². The molecule has 0 radical (unpaired) electrons. The SMILES string of the molecule is COCCOCCN1CCC2(CC1)CC(C)(O)CCO2. The topological polar surface area (TPSA) is 51.2 Å². The van der Waals surface area contributed by atoms with E-state index < -0.39 is 5.60 Å². The summed E-state index contributed by atoms with van der Waals surface area (Å²) in [4.78, 5) is 2.42. The molecule has 2 fully saturated rings. The zero-order valence-electron chi connectivity index (χ0n) is 12.9. The Balaban J connectivity index is 1.67. The number of aliphatic hydroxyl groups is 1. The van der Waals surface area contributed by atoms with Gasteiger partial charge in [0.25, 0.3) is 0 Å². The minimum absolute atomic E-state index is 0.0881. The zero-order chi connectivity index (χ0) is 14.5. The van der Waals surface area contributed by atoms with Crippen molar-refractivity contribution in [3.8, 4) is 0 Å². The van der Waals surface area contributed by atoms with E-state index in [4.69, 9.17) is 14.2 Å². The van der Waals surface area contributed by atoms with Crippen LogP contribution in [0.1, 0.15) is 32.6 Å². The van der Waals surface area contributed by atoms with Crippen molar-refractivity contribution in [3.63, 3.8) is 0 Å². The lowest BCUT2D eigenvalue weighted by Gasteiger charge is -2.48. The van der Waals surface area contributed by atoms with Gasteiger partial charge in [-0.25, -0.2) is 0 Å². The van der Waals surface area contributed by atoms with E-state index >= 15 is 0 Å². The summed E-state index contributed by atoms with van der Waals surface area (Å²) in [5, 5.41) is 10.3. The van der Waals surface area contributed by atoms with Crippen LogP contribution < -0.4 is 0 Å². The first-order valence-electron chi connectivity index (χ1n) is 7.71. The molecule has 0 aromatic carbocycles. The maximum atomic E-state index is 10.3. The number of hydrogen-bond acceptors (Lipinski definition) is 5. The number of methoxy groups -OCH3 is 1. The van der Waals surface area contributed by atoms with Crippen molar-refractivity contribution in [1.82, 2.24) is 4.90 Å². The molecule has 0 aromatic rings. The van der Waals surface area contributed by atoms with Gasteiger partial charge in [-0.1, -0.05) is 0 Å². The molecule has 1 unspecified atom stereocenters. The second-order valence-corrected chi connectivity index (χ2v) is 6.40. The quantitative estimate of drug-likeness (QED) is 0.740. The molecule has 2 heterocycles. The Morgan fingerprint density at radius 2 is 1.90 bits per heavy atom. The minimum Gasteiger partial charge on any atom is -0.390 e. The van der Waals surface area contributed by atoms with Gasteiger partial charge in [-0.05, 0) is 26.2 Å². The van der Waals surface area contributed by atoms with Gasteiger partial charge in [-0.15, -0.1) is 0 Å². The number of ether oxygens (including phenoxy) is 3. The Morgan fingerprint density at radius 3 is 2.55 bits per heavy atom. The average molecular weight is 287 g/mol. The number of nitrogens with zero attached hydrogens (tertiary/aromatic N) is 1. The van der Waals surface area contributed by atoms with Gasteiger partial charge in [0.2, 0.25) is 0 Å². The molecule has 2 aliphatic rings. The molecule has 2 aliphatic heterocycles. The smallest absolute Gasteiger partial charge is 0.0734 e. The molecular weight excluding hydrogens is 258 g/mol. The first-order valence-corrected chi connectivity index (χ1v) is 7.71. The van der Waals surface area contributed by atoms with Crippen molar-refractivity contribution in [2.45, 2.75) is 43.8 Å². The number of rotatable bonds is 6. The Bertz CT molecular complexity index is 288. The van der Waals surface area contributed by atoms with Gasteiger partial charge in [-0.3, -0.25) is 0 Å². The molecule has 0 aromatic heterocycles. The van der Waals surface area contributed by atoms with Crippen LogP contribution in [0.4, 0.5) is 0 Å². The summed E-state index contributed by atoms with van der Waals surface area (Å²) < 4.78 is 16.5. The standard InChI is InChI=1S/C15H29NO4/c1-14(17)5-9-20-15(13-14)3-6-16(7-4-15)8-10-19-12-11-18-2/h17H,3-13H2,1-2H3. The highest BCUT2D eigenvalue weighted by molar-refractivity contribution is 4.96. The Morgan fingerprint density at radius 1 is 1.15 bits per heavy atom. The second kappa shape index (κ2) is 7.18. The van der Waals surface area contributed by atoms with E-state index in [0.29, 0.717) is 19.8 Å². The molecule has 2 saturated heterocycles. The van der Waals surface area contributed by atoms with Gasteiger partial charge in [-0.2, -0.15) is 0 Å². The molecule has 1 atom stereocenters.